The van der Waals surface area contributed by atoms with E-state index in [0.29, 0.717) is 12.0 Å². The van der Waals surface area contributed by atoms with Gasteiger partial charge in [0.25, 0.3) is 0 Å². The van der Waals surface area contributed by atoms with Crippen molar-refractivity contribution in [3.8, 4) is 0 Å². The van der Waals surface area contributed by atoms with Crippen LogP contribution in [0.1, 0.15) is 41.2 Å². The van der Waals surface area contributed by atoms with Gasteiger partial charge < -0.3 is 9.84 Å². The van der Waals surface area contributed by atoms with Crippen LogP contribution in [0.4, 0.5) is 0 Å². The molecule has 2 aromatic rings. The minimum atomic E-state index is -0.420. The number of cyclic esters (lactones) is 1. The largest absolute Gasteiger partial charge is 0.511 e. The molecule has 0 bridgehead atoms. The predicted molar refractivity (Wildman–Crippen MR) is 116 cm³/mol. The number of thioether (sulfide) groups is 1. The first-order valence-corrected chi connectivity index (χ1v) is 10.7. The second kappa shape index (κ2) is 8.44. The zero-order valence-corrected chi connectivity index (χ0v) is 18.0. The van der Waals surface area contributed by atoms with Crippen LogP contribution >= 0.6 is 11.8 Å². The molecule has 0 amide bonds. The number of benzene rings is 2. The van der Waals surface area contributed by atoms with Gasteiger partial charge in [-0.25, -0.2) is 4.79 Å². The third-order valence-corrected chi connectivity index (χ3v) is 6.49. The van der Waals surface area contributed by atoms with E-state index in [9.17, 15) is 9.90 Å². The fraction of sp³-hybridized carbons (Fsp3) is 0.375. The topological polar surface area (TPSA) is 46.5 Å². The summed E-state index contributed by atoms with van der Waals surface area (Å²) < 4.78 is 5.77. The summed E-state index contributed by atoms with van der Waals surface area (Å²) in [5, 5.41) is 10.7. The molecule has 0 aliphatic carbocycles. The van der Waals surface area contributed by atoms with Gasteiger partial charge in [0.2, 0.25) is 0 Å². The molecule has 0 fully saturated rings. The number of hydrogen-bond donors (Lipinski definition) is 1. The minimum absolute atomic E-state index is 0.137. The van der Waals surface area contributed by atoms with Gasteiger partial charge in [0.15, 0.2) is 0 Å². The summed E-state index contributed by atoms with van der Waals surface area (Å²) in [5.41, 5.74) is 5.46. The number of aliphatic hydroxyl groups excluding tert-OH is 1. The van der Waals surface area contributed by atoms with Gasteiger partial charge in [-0.2, -0.15) is 0 Å². The Hall–Kier alpha value is -2.20. The zero-order valence-electron chi connectivity index (χ0n) is 17.2. The van der Waals surface area contributed by atoms with E-state index < -0.39 is 5.97 Å². The summed E-state index contributed by atoms with van der Waals surface area (Å²) in [7, 11) is 0. The Labute approximate surface area is 171 Å². The Balaban J connectivity index is 1.76. The fourth-order valence-electron chi connectivity index (χ4n) is 3.83. The molecule has 0 aromatic heterocycles. The zero-order chi connectivity index (χ0) is 20.4. The Morgan fingerprint density at radius 3 is 2.39 bits per heavy atom. The number of ether oxygens (including phenoxy) is 1. The lowest BCUT2D eigenvalue weighted by atomic mass is 9.89. The summed E-state index contributed by atoms with van der Waals surface area (Å²) in [6.07, 6.45) is 0.0586. The lowest BCUT2D eigenvalue weighted by molar-refractivity contribution is -0.145. The molecule has 2 atom stereocenters. The van der Waals surface area contributed by atoms with Gasteiger partial charge in [0.1, 0.15) is 17.4 Å². The third-order valence-electron chi connectivity index (χ3n) is 5.21. The maximum atomic E-state index is 12.8. The van der Waals surface area contributed by atoms with E-state index in [2.05, 4.69) is 38.1 Å². The van der Waals surface area contributed by atoms with Crippen LogP contribution in [0.3, 0.4) is 0 Å². The number of hydrogen-bond acceptors (Lipinski definition) is 4. The normalized spacial score (nSPS) is 18.2. The van der Waals surface area contributed by atoms with E-state index in [1.165, 1.54) is 10.5 Å². The number of carbonyl (C=O) groups is 1. The van der Waals surface area contributed by atoms with Crippen LogP contribution < -0.4 is 0 Å². The average Bonchev–Trinajstić information content (AvgIpc) is 2.61. The molecule has 1 N–H and O–H groups in total. The van der Waals surface area contributed by atoms with Gasteiger partial charge in [-0.1, -0.05) is 42.3 Å². The second-order valence-electron chi connectivity index (χ2n) is 7.85. The summed E-state index contributed by atoms with van der Waals surface area (Å²) in [5.74, 6) is 0.686. The van der Waals surface area contributed by atoms with Gasteiger partial charge >= 0.3 is 5.97 Å². The fourth-order valence-corrected chi connectivity index (χ4v) is 4.94. The molecule has 0 saturated carbocycles. The molecular formula is C24H28O3S. The highest BCUT2D eigenvalue weighted by molar-refractivity contribution is 7.99. The first-order chi connectivity index (χ1) is 13.3. The van der Waals surface area contributed by atoms with Crippen LogP contribution in [0, 0.1) is 33.6 Å². The minimum Gasteiger partial charge on any atom is -0.511 e. The third kappa shape index (κ3) is 4.44. The molecule has 1 heterocycles. The molecule has 0 saturated heterocycles. The summed E-state index contributed by atoms with van der Waals surface area (Å²) in [4.78, 5) is 14.0. The molecule has 1 aliphatic rings. The quantitative estimate of drug-likeness (QED) is 0.502. The van der Waals surface area contributed by atoms with Crippen molar-refractivity contribution in [2.75, 3.05) is 5.75 Å². The first-order valence-electron chi connectivity index (χ1n) is 9.67. The van der Waals surface area contributed by atoms with Gasteiger partial charge in [-0.3, -0.25) is 0 Å². The molecule has 4 heteroatoms. The molecule has 3 rings (SSSR count). The summed E-state index contributed by atoms with van der Waals surface area (Å²) >= 11 is 1.75. The van der Waals surface area contributed by atoms with Crippen LogP contribution in [0.15, 0.2) is 47.1 Å². The Morgan fingerprint density at radius 2 is 1.79 bits per heavy atom. The summed E-state index contributed by atoms with van der Waals surface area (Å²) in [6, 6.07) is 12.4. The maximum absolute atomic E-state index is 12.8. The molecule has 0 spiro atoms. The average molecular weight is 397 g/mol. The van der Waals surface area contributed by atoms with Crippen molar-refractivity contribution < 1.29 is 14.6 Å². The Morgan fingerprint density at radius 1 is 1.11 bits per heavy atom. The van der Waals surface area contributed by atoms with Crippen molar-refractivity contribution >= 4 is 23.3 Å². The van der Waals surface area contributed by atoms with E-state index in [1.807, 2.05) is 32.9 Å². The molecule has 0 radical (unpaired) electrons. The van der Waals surface area contributed by atoms with Crippen LogP contribution in [0.2, 0.25) is 0 Å². The van der Waals surface area contributed by atoms with Crippen molar-refractivity contribution in [2.45, 2.75) is 52.0 Å². The lowest BCUT2D eigenvalue weighted by Crippen LogP contribution is -2.32. The standard InChI is InChI=1S/C24H28O3S/c1-14-7-6-8-19(11-14)28-13-18(5)21-12-20(25)23(24(26)27-21)22-16(3)9-15(2)10-17(22)4/h6-11,18,21,25H,12-13H2,1-5H3. The summed E-state index contributed by atoms with van der Waals surface area (Å²) in [6.45, 7) is 10.1. The Bertz CT molecular complexity index is 906. The van der Waals surface area contributed by atoms with Gasteiger partial charge in [-0.05, 0) is 56.5 Å². The van der Waals surface area contributed by atoms with E-state index in [1.54, 1.807) is 11.8 Å². The molecule has 2 unspecified atom stereocenters. The second-order valence-corrected chi connectivity index (χ2v) is 8.94. The van der Waals surface area contributed by atoms with Crippen LogP contribution in [-0.4, -0.2) is 22.9 Å². The van der Waals surface area contributed by atoms with Crippen LogP contribution in [0.5, 0.6) is 0 Å². The highest BCUT2D eigenvalue weighted by atomic mass is 32.2. The van der Waals surface area contributed by atoms with E-state index in [-0.39, 0.29) is 17.8 Å². The van der Waals surface area contributed by atoms with Crippen molar-refractivity contribution in [3.05, 3.63) is 70.0 Å². The van der Waals surface area contributed by atoms with Crippen LogP contribution in [-0.2, 0) is 9.53 Å². The Kier molecular flexibility index (Phi) is 6.19. The molecular weight excluding hydrogens is 368 g/mol. The van der Waals surface area contributed by atoms with E-state index >= 15 is 0 Å². The molecule has 2 aromatic carbocycles. The smallest absolute Gasteiger partial charge is 0.342 e. The molecule has 148 valence electrons. The molecule has 3 nitrogen and oxygen atoms in total. The van der Waals surface area contributed by atoms with Crippen molar-refractivity contribution in [1.29, 1.82) is 0 Å². The maximum Gasteiger partial charge on any atom is 0.342 e. The number of esters is 1. The van der Waals surface area contributed by atoms with Crippen molar-refractivity contribution in [1.82, 2.24) is 0 Å². The number of aryl methyl sites for hydroxylation is 4. The molecule has 1 aliphatic heterocycles. The van der Waals surface area contributed by atoms with Crippen LogP contribution in [0.25, 0.3) is 5.57 Å². The van der Waals surface area contributed by atoms with Crippen molar-refractivity contribution in [2.24, 2.45) is 5.92 Å². The number of aliphatic hydroxyl groups is 1. The highest BCUT2D eigenvalue weighted by Gasteiger charge is 2.34. The highest BCUT2D eigenvalue weighted by Crippen LogP contribution is 2.35. The van der Waals surface area contributed by atoms with Crippen molar-refractivity contribution in [3.63, 3.8) is 0 Å². The number of carbonyl (C=O) groups excluding carboxylic acids is 1. The molecule has 28 heavy (non-hydrogen) atoms. The van der Waals surface area contributed by atoms with Gasteiger partial charge in [0.05, 0.1) is 0 Å². The first kappa shape index (κ1) is 20.5. The van der Waals surface area contributed by atoms with E-state index in [0.717, 1.165) is 28.0 Å². The SMILES string of the molecule is Cc1cccc(SCC(C)C2CC(O)=C(c3c(C)cc(C)cc3C)C(=O)O2)c1. The van der Waals surface area contributed by atoms with E-state index in [4.69, 9.17) is 4.74 Å². The monoisotopic (exact) mass is 396 g/mol. The predicted octanol–water partition coefficient (Wildman–Crippen LogP) is 5.93. The van der Waals surface area contributed by atoms with Gasteiger partial charge in [0, 0.05) is 23.0 Å². The lowest BCUT2D eigenvalue weighted by Gasteiger charge is -2.29. The van der Waals surface area contributed by atoms with Gasteiger partial charge in [-0.15, -0.1) is 11.8 Å². The number of rotatable bonds is 5.